The molecule has 1 heterocycles. The number of halogens is 1. The monoisotopic (exact) mass is 354 g/mol. The smallest absolute Gasteiger partial charge is 0.320 e. The van der Waals surface area contributed by atoms with Gasteiger partial charge in [-0.25, -0.2) is 4.79 Å². The molecule has 2 amide bonds. The number of fused-ring (bicyclic) bond motifs is 1. The standard InChI is InChI=1S/C19H19ClN4O/c20-16-11-17-15(10-14(16)12-6-2-1-3-7-12)18(24-23-17)22-19(25)21-13-8-4-5-9-13/h1-3,6-7,10-11,13H,4-5,8-9H2,(H3,21,22,23,24,25). The van der Waals surface area contributed by atoms with Gasteiger partial charge in [-0.05, 0) is 30.5 Å². The Hall–Kier alpha value is -2.53. The Morgan fingerprint density at radius 1 is 1.16 bits per heavy atom. The summed E-state index contributed by atoms with van der Waals surface area (Å²) in [7, 11) is 0. The van der Waals surface area contributed by atoms with Crippen LogP contribution in [-0.2, 0) is 0 Å². The maximum Gasteiger partial charge on any atom is 0.320 e. The average molecular weight is 355 g/mol. The number of amides is 2. The Labute approximate surface area is 150 Å². The summed E-state index contributed by atoms with van der Waals surface area (Å²) in [5.41, 5.74) is 2.73. The first-order valence-electron chi connectivity index (χ1n) is 8.51. The van der Waals surface area contributed by atoms with E-state index in [-0.39, 0.29) is 12.1 Å². The molecule has 0 unspecified atom stereocenters. The van der Waals surface area contributed by atoms with E-state index < -0.39 is 0 Å². The second-order valence-corrected chi connectivity index (χ2v) is 6.80. The number of H-pyrrole nitrogens is 1. The largest absolute Gasteiger partial charge is 0.335 e. The molecule has 0 saturated heterocycles. The summed E-state index contributed by atoms with van der Waals surface area (Å²) in [6.07, 6.45) is 4.44. The summed E-state index contributed by atoms with van der Waals surface area (Å²) < 4.78 is 0. The molecule has 0 atom stereocenters. The SMILES string of the molecule is O=C(Nc1n[nH]c2cc(Cl)c(-c3ccccc3)cc12)NC1CCCC1. The number of nitrogens with zero attached hydrogens (tertiary/aromatic N) is 1. The van der Waals surface area contributed by atoms with E-state index in [9.17, 15) is 4.79 Å². The molecule has 5 nitrogen and oxygen atoms in total. The number of rotatable bonds is 3. The first kappa shape index (κ1) is 16.0. The number of hydrogen-bond acceptors (Lipinski definition) is 2. The fraction of sp³-hybridized carbons (Fsp3) is 0.263. The van der Waals surface area contributed by atoms with Gasteiger partial charge in [0, 0.05) is 17.0 Å². The van der Waals surface area contributed by atoms with Crippen LogP contribution in [0.3, 0.4) is 0 Å². The minimum atomic E-state index is -0.212. The maximum atomic E-state index is 12.2. The van der Waals surface area contributed by atoms with Crippen molar-refractivity contribution in [3.8, 4) is 11.1 Å². The lowest BCUT2D eigenvalue weighted by Gasteiger charge is -2.12. The second kappa shape index (κ2) is 6.76. The number of aromatic amines is 1. The third-order valence-electron chi connectivity index (χ3n) is 4.66. The molecule has 3 N–H and O–H groups in total. The average Bonchev–Trinajstić information content (AvgIpc) is 3.25. The predicted octanol–water partition coefficient (Wildman–Crippen LogP) is 4.95. The highest BCUT2D eigenvalue weighted by Gasteiger charge is 2.18. The molecule has 4 rings (SSSR count). The van der Waals surface area contributed by atoms with Crippen LogP contribution in [0.25, 0.3) is 22.0 Å². The van der Waals surface area contributed by atoms with Gasteiger partial charge in [-0.15, -0.1) is 0 Å². The van der Waals surface area contributed by atoms with Crippen molar-refractivity contribution < 1.29 is 4.79 Å². The molecular formula is C19H19ClN4O. The van der Waals surface area contributed by atoms with E-state index in [4.69, 9.17) is 11.6 Å². The molecule has 1 aromatic heterocycles. The molecule has 6 heteroatoms. The molecule has 0 aliphatic heterocycles. The lowest BCUT2D eigenvalue weighted by atomic mass is 10.0. The maximum absolute atomic E-state index is 12.2. The Morgan fingerprint density at radius 2 is 1.92 bits per heavy atom. The summed E-state index contributed by atoms with van der Waals surface area (Å²) in [5.74, 6) is 0.513. The van der Waals surface area contributed by atoms with Gasteiger partial charge in [0.25, 0.3) is 0 Å². The molecule has 1 aliphatic rings. The minimum Gasteiger partial charge on any atom is -0.335 e. The third-order valence-corrected chi connectivity index (χ3v) is 4.97. The van der Waals surface area contributed by atoms with Gasteiger partial charge in [0.05, 0.1) is 10.5 Å². The van der Waals surface area contributed by atoms with Gasteiger partial charge in [0.2, 0.25) is 0 Å². The lowest BCUT2D eigenvalue weighted by molar-refractivity contribution is 0.248. The van der Waals surface area contributed by atoms with Crippen LogP contribution < -0.4 is 10.6 Å². The zero-order valence-electron chi connectivity index (χ0n) is 13.7. The van der Waals surface area contributed by atoms with E-state index in [0.29, 0.717) is 10.8 Å². The highest BCUT2D eigenvalue weighted by Crippen LogP contribution is 2.34. The van der Waals surface area contributed by atoms with Crippen LogP contribution >= 0.6 is 11.6 Å². The van der Waals surface area contributed by atoms with Crippen LogP contribution in [0.4, 0.5) is 10.6 Å². The minimum absolute atomic E-state index is 0.212. The summed E-state index contributed by atoms with van der Waals surface area (Å²) >= 11 is 6.42. The van der Waals surface area contributed by atoms with E-state index in [0.717, 1.165) is 34.9 Å². The first-order chi connectivity index (χ1) is 12.2. The zero-order valence-corrected chi connectivity index (χ0v) is 14.4. The Bertz CT molecular complexity index is 900. The molecule has 0 radical (unpaired) electrons. The van der Waals surface area contributed by atoms with E-state index in [2.05, 4.69) is 20.8 Å². The Morgan fingerprint density at radius 3 is 2.68 bits per heavy atom. The molecule has 2 aromatic carbocycles. The van der Waals surface area contributed by atoms with Crippen LogP contribution in [0.5, 0.6) is 0 Å². The number of anilines is 1. The molecular weight excluding hydrogens is 336 g/mol. The van der Waals surface area contributed by atoms with Crippen LogP contribution in [0, 0.1) is 0 Å². The van der Waals surface area contributed by atoms with Crippen LogP contribution in [0.2, 0.25) is 5.02 Å². The molecule has 128 valence electrons. The number of carbonyl (C=O) groups is 1. The predicted molar refractivity (Wildman–Crippen MR) is 101 cm³/mol. The van der Waals surface area contributed by atoms with Gasteiger partial charge in [0.15, 0.2) is 5.82 Å². The van der Waals surface area contributed by atoms with Gasteiger partial charge >= 0.3 is 6.03 Å². The summed E-state index contributed by atoms with van der Waals surface area (Å²) in [4.78, 5) is 12.2. The van der Waals surface area contributed by atoms with Crippen molar-refractivity contribution in [3.05, 3.63) is 47.5 Å². The lowest BCUT2D eigenvalue weighted by Crippen LogP contribution is -2.36. The Balaban J connectivity index is 1.62. The van der Waals surface area contributed by atoms with Crippen LogP contribution in [0.1, 0.15) is 25.7 Å². The fourth-order valence-corrected chi connectivity index (χ4v) is 3.64. The molecule has 3 aromatic rings. The van der Waals surface area contributed by atoms with E-state index in [1.807, 2.05) is 42.5 Å². The number of nitrogens with one attached hydrogen (secondary N) is 3. The van der Waals surface area contributed by atoms with Crippen LogP contribution in [-0.4, -0.2) is 22.3 Å². The second-order valence-electron chi connectivity index (χ2n) is 6.40. The molecule has 1 aliphatic carbocycles. The third kappa shape index (κ3) is 3.33. The van der Waals surface area contributed by atoms with E-state index in [1.165, 1.54) is 12.8 Å². The van der Waals surface area contributed by atoms with Crippen molar-refractivity contribution in [2.75, 3.05) is 5.32 Å². The van der Waals surface area contributed by atoms with Gasteiger partial charge in [-0.1, -0.05) is 54.8 Å². The summed E-state index contributed by atoms with van der Waals surface area (Å²) in [5, 5.41) is 14.5. The zero-order chi connectivity index (χ0) is 17.2. The summed E-state index contributed by atoms with van der Waals surface area (Å²) in [6, 6.07) is 13.8. The molecule has 1 fully saturated rings. The van der Waals surface area contributed by atoms with Gasteiger partial charge < -0.3 is 5.32 Å². The van der Waals surface area contributed by atoms with Gasteiger partial charge in [-0.2, -0.15) is 5.10 Å². The summed E-state index contributed by atoms with van der Waals surface area (Å²) in [6.45, 7) is 0. The first-order valence-corrected chi connectivity index (χ1v) is 8.89. The molecule has 0 bridgehead atoms. The van der Waals surface area contributed by atoms with E-state index >= 15 is 0 Å². The number of urea groups is 1. The van der Waals surface area contributed by atoms with E-state index in [1.54, 1.807) is 0 Å². The fourth-order valence-electron chi connectivity index (χ4n) is 3.37. The Kier molecular flexibility index (Phi) is 4.32. The van der Waals surface area contributed by atoms with Gasteiger partial charge in [-0.3, -0.25) is 10.4 Å². The molecule has 0 spiro atoms. The van der Waals surface area contributed by atoms with Gasteiger partial charge in [0.1, 0.15) is 0 Å². The van der Waals surface area contributed by atoms with Crippen molar-refractivity contribution in [1.82, 2.24) is 15.5 Å². The normalized spacial score (nSPS) is 14.8. The quantitative estimate of drug-likeness (QED) is 0.623. The number of carbonyl (C=O) groups excluding carboxylic acids is 1. The topological polar surface area (TPSA) is 69.8 Å². The molecule has 25 heavy (non-hydrogen) atoms. The van der Waals surface area contributed by atoms with Crippen molar-refractivity contribution in [1.29, 1.82) is 0 Å². The number of aromatic nitrogens is 2. The van der Waals surface area contributed by atoms with Crippen molar-refractivity contribution >= 4 is 34.4 Å². The highest BCUT2D eigenvalue weighted by molar-refractivity contribution is 6.34. The van der Waals surface area contributed by atoms with Crippen molar-refractivity contribution in [3.63, 3.8) is 0 Å². The van der Waals surface area contributed by atoms with Crippen LogP contribution in [0.15, 0.2) is 42.5 Å². The molecule has 1 saturated carbocycles. The number of hydrogen-bond donors (Lipinski definition) is 3. The highest BCUT2D eigenvalue weighted by atomic mass is 35.5. The number of benzene rings is 2. The van der Waals surface area contributed by atoms with Crippen molar-refractivity contribution in [2.24, 2.45) is 0 Å². The van der Waals surface area contributed by atoms with Crippen molar-refractivity contribution in [2.45, 2.75) is 31.7 Å².